The van der Waals surface area contributed by atoms with Gasteiger partial charge in [-0.15, -0.1) is 11.3 Å². The van der Waals surface area contributed by atoms with Gasteiger partial charge in [-0.25, -0.2) is 4.98 Å². The molecule has 1 aromatic heterocycles. The monoisotopic (exact) mass is 280 g/mol. The van der Waals surface area contributed by atoms with Crippen molar-refractivity contribution in [1.82, 2.24) is 10.3 Å². The molecule has 1 aliphatic rings. The Bertz CT molecular complexity index is 467. The van der Waals surface area contributed by atoms with E-state index in [2.05, 4.69) is 44.9 Å². The largest absolute Gasteiger partial charge is 0.346 e. The van der Waals surface area contributed by atoms with E-state index in [0.29, 0.717) is 5.92 Å². The first-order chi connectivity index (χ1) is 8.66. The molecule has 1 heterocycles. The molecule has 4 heteroatoms. The molecule has 0 unspecified atom stereocenters. The van der Waals surface area contributed by atoms with Gasteiger partial charge < -0.3 is 5.32 Å². The number of hydrogen-bond acceptors (Lipinski definition) is 3. The van der Waals surface area contributed by atoms with Crippen LogP contribution in [-0.2, 0) is 0 Å². The van der Waals surface area contributed by atoms with Crippen molar-refractivity contribution < 1.29 is 4.79 Å². The number of carbonyl (C=O) groups is 1. The molecule has 3 nitrogen and oxygen atoms in total. The zero-order valence-electron chi connectivity index (χ0n) is 12.5. The summed E-state index contributed by atoms with van der Waals surface area (Å²) in [6, 6.07) is 0. The maximum absolute atomic E-state index is 12.3. The van der Waals surface area contributed by atoms with E-state index in [1.165, 1.54) is 12.8 Å². The smallest absolute Gasteiger partial charge is 0.263 e. The van der Waals surface area contributed by atoms with Crippen LogP contribution in [0.25, 0.3) is 0 Å². The third-order valence-corrected chi connectivity index (χ3v) is 4.26. The predicted octanol–water partition coefficient (Wildman–Crippen LogP) is 3.97. The van der Waals surface area contributed by atoms with Gasteiger partial charge in [0.2, 0.25) is 0 Å². The number of carbonyl (C=O) groups excluding carboxylic acids is 1. The molecule has 1 fully saturated rings. The van der Waals surface area contributed by atoms with Crippen LogP contribution >= 0.6 is 11.3 Å². The normalized spacial score (nSPS) is 16.5. The van der Waals surface area contributed by atoms with Crippen LogP contribution in [-0.4, -0.2) is 16.4 Å². The summed E-state index contributed by atoms with van der Waals surface area (Å²) in [5.74, 6) is 0.632. The second-order valence-electron chi connectivity index (χ2n) is 7.41. The molecule has 1 N–H and O–H groups in total. The maximum atomic E-state index is 12.3. The maximum Gasteiger partial charge on any atom is 0.263 e. The van der Waals surface area contributed by atoms with Gasteiger partial charge in [-0.2, -0.15) is 0 Å². The Balaban J connectivity index is 1.99. The van der Waals surface area contributed by atoms with Gasteiger partial charge in [-0.05, 0) is 38.5 Å². The van der Waals surface area contributed by atoms with Gasteiger partial charge in [-0.3, -0.25) is 4.79 Å². The van der Waals surface area contributed by atoms with Crippen molar-refractivity contribution in [3.63, 3.8) is 0 Å². The van der Waals surface area contributed by atoms with Gasteiger partial charge in [-0.1, -0.05) is 20.8 Å². The molecule has 0 radical (unpaired) electrons. The van der Waals surface area contributed by atoms with Gasteiger partial charge in [0.1, 0.15) is 4.88 Å². The highest BCUT2D eigenvalue weighted by atomic mass is 32.1. The van der Waals surface area contributed by atoms with Gasteiger partial charge in [0.25, 0.3) is 5.91 Å². The fraction of sp³-hybridized carbons (Fsp3) is 0.733. The zero-order chi connectivity index (χ0) is 14.3. The fourth-order valence-corrected chi connectivity index (χ4v) is 3.63. The molecule has 0 bridgehead atoms. The van der Waals surface area contributed by atoms with Crippen molar-refractivity contribution in [3.8, 4) is 0 Å². The average Bonchev–Trinajstić information content (AvgIpc) is 2.91. The third-order valence-electron chi connectivity index (χ3n) is 3.10. The van der Waals surface area contributed by atoms with E-state index in [-0.39, 0.29) is 16.9 Å². The molecule has 1 aliphatic carbocycles. The predicted molar refractivity (Wildman–Crippen MR) is 79.7 cm³/mol. The summed E-state index contributed by atoms with van der Waals surface area (Å²) in [7, 11) is 0. The Morgan fingerprint density at radius 3 is 2.53 bits per heavy atom. The van der Waals surface area contributed by atoms with Gasteiger partial charge in [0.15, 0.2) is 0 Å². The summed E-state index contributed by atoms with van der Waals surface area (Å²) >= 11 is 1.55. The highest BCUT2D eigenvalue weighted by Gasteiger charge is 2.30. The van der Waals surface area contributed by atoms with Crippen molar-refractivity contribution in [2.24, 2.45) is 5.41 Å². The van der Waals surface area contributed by atoms with E-state index in [9.17, 15) is 4.79 Å². The lowest BCUT2D eigenvalue weighted by atomic mass is 9.82. The van der Waals surface area contributed by atoms with Crippen LogP contribution in [0.2, 0.25) is 0 Å². The van der Waals surface area contributed by atoms with Crippen LogP contribution in [0.3, 0.4) is 0 Å². The molecule has 19 heavy (non-hydrogen) atoms. The van der Waals surface area contributed by atoms with Gasteiger partial charge >= 0.3 is 0 Å². The molecule has 106 valence electrons. The number of thiazole rings is 1. The van der Waals surface area contributed by atoms with E-state index in [0.717, 1.165) is 16.3 Å². The molecular weight excluding hydrogens is 256 g/mol. The van der Waals surface area contributed by atoms with Crippen LogP contribution in [0.5, 0.6) is 0 Å². The average molecular weight is 280 g/mol. The minimum absolute atomic E-state index is 0.0126. The summed E-state index contributed by atoms with van der Waals surface area (Å²) < 4.78 is 0. The first kappa shape index (κ1) is 14.5. The summed E-state index contributed by atoms with van der Waals surface area (Å²) in [6.45, 7) is 10.7. The molecule has 0 spiro atoms. The molecule has 0 aromatic carbocycles. The zero-order valence-corrected chi connectivity index (χ0v) is 13.4. The number of amides is 1. The summed E-state index contributed by atoms with van der Waals surface area (Å²) in [5.41, 5.74) is 0.00270. The highest BCUT2D eigenvalue weighted by molar-refractivity contribution is 7.13. The van der Waals surface area contributed by atoms with E-state index < -0.39 is 0 Å². The van der Waals surface area contributed by atoms with Crippen molar-refractivity contribution >= 4 is 17.2 Å². The Morgan fingerprint density at radius 1 is 1.37 bits per heavy atom. The van der Waals surface area contributed by atoms with E-state index in [4.69, 9.17) is 0 Å². The van der Waals surface area contributed by atoms with Gasteiger partial charge in [0.05, 0.1) is 11.2 Å². The lowest BCUT2D eigenvalue weighted by molar-refractivity contribution is 0.0895. The van der Waals surface area contributed by atoms with Crippen LogP contribution in [0.1, 0.15) is 74.5 Å². The number of nitrogens with zero attached hydrogens (tertiary/aromatic N) is 1. The second-order valence-corrected chi connectivity index (χ2v) is 8.47. The van der Waals surface area contributed by atoms with Crippen LogP contribution in [0, 0.1) is 5.41 Å². The fourth-order valence-electron chi connectivity index (χ4n) is 2.65. The van der Waals surface area contributed by atoms with Crippen LogP contribution in [0.15, 0.2) is 6.20 Å². The Hall–Kier alpha value is -0.900. The highest BCUT2D eigenvalue weighted by Crippen LogP contribution is 2.41. The summed E-state index contributed by atoms with van der Waals surface area (Å²) in [6.07, 6.45) is 5.12. The molecule has 0 saturated heterocycles. The van der Waals surface area contributed by atoms with Crippen LogP contribution in [0.4, 0.5) is 0 Å². The SMILES string of the molecule is CC(C)(C)CC(C)(C)NC(=O)c1cnc(C2CC2)s1. The van der Waals surface area contributed by atoms with Crippen molar-refractivity contribution in [1.29, 1.82) is 0 Å². The third kappa shape index (κ3) is 4.30. The van der Waals surface area contributed by atoms with Crippen molar-refractivity contribution in [3.05, 3.63) is 16.1 Å². The molecule has 2 rings (SSSR count). The topological polar surface area (TPSA) is 42.0 Å². The minimum atomic E-state index is -0.195. The Morgan fingerprint density at radius 2 is 2.00 bits per heavy atom. The first-order valence-corrected chi connectivity index (χ1v) is 7.76. The summed E-state index contributed by atoms with van der Waals surface area (Å²) in [5, 5.41) is 4.26. The minimum Gasteiger partial charge on any atom is -0.346 e. The summed E-state index contributed by atoms with van der Waals surface area (Å²) in [4.78, 5) is 17.4. The standard InChI is InChI=1S/C15H24N2OS/c1-14(2,3)9-15(4,5)17-12(18)11-8-16-13(19-11)10-6-7-10/h8,10H,6-7,9H2,1-5H3,(H,17,18). The quantitative estimate of drug-likeness (QED) is 0.907. The molecule has 0 atom stereocenters. The van der Waals surface area contributed by atoms with E-state index >= 15 is 0 Å². The first-order valence-electron chi connectivity index (χ1n) is 6.95. The molecule has 0 aliphatic heterocycles. The number of nitrogens with one attached hydrogen (secondary N) is 1. The molecular formula is C15H24N2OS. The number of rotatable bonds is 4. The van der Waals surface area contributed by atoms with Crippen LogP contribution < -0.4 is 5.32 Å². The van der Waals surface area contributed by atoms with Gasteiger partial charge in [0, 0.05) is 11.5 Å². The Labute approximate surface area is 119 Å². The lowest BCUT2D eigenvalue weighted by Crippen LogP contribution is -2.45. The Kier molecular flexibility index (Phi) is 3.74. The van der Waals surface area contributed by atoms with Crippen molar-refractivity contribution in [2.75, 3.05) is 0 Å². The number of aromatic nitrogens is 1. The van der Waals surface area contributed by atoms with Crippen molar-refractivity contribution in [2.45, 2.75) is 65.3 Å². The number of hydrogen-bond donors (Lipinski definition) is 1. The molecule has 1 amide bonds. The van der Waals surface area contributed by atoms with E-state index in [1.54, 1.807) is 17.5 Å². The lowest BCUT2D eigenvalue weighted by Gasteiger charge is -2.33. The second kappa shape index (κ2) is 4.89. The van der Waals surface area contributed by atoms with E-state index in [1.807, 2.05) is 0 Å². The molecule has 1 saturated carbocycles. The molecule has 1 aromatic rings.